The second-order valence-electron chi connectivity index (χ2n) is 6.08. The first kappa shape index (κ1) is 21.4. The summed E-state index contributed by atoms with van der Waals surface area (Å²) in [7, 11) is 0. The van der Waals surface area contributed by atoms with Gasteiger partial charge >= 0.3 is 11.8 Å². The van der Waals surface area contributed by atoms with Crippen molar-refractivity contribution in [2.75, 3.05) is 19.7 Å². The number of hydrogen-bond donors (Lipinski definition) is 2. The Kier molecular flexibility index (Phi) is 6.83. The van der Waals surface area contributed by atoms with Crippen LogP contribution in [0.2, 0.25) is 0 Å². The number of nitro benzene ring substituents is 1. The summed E-state index contributed by atoms with van der Waals surface area (Å²) in [5, 5.41) is 19.5. The number of hydrogen-bond acceptors (Lipinski definition) is 8. The van der Waals surface area contributed by atoms with Crippen molar-refractivity contribution < 1.29 is 28.2 Å². The number of aromatic nitrogens is 2. The Morgan fingerprint density at radius 2 is 1.87 bits per heavy atom. The van der Waals surface area contributed by atoms with Gasteiger partial charge in [-0.2, -0.15) is 4.98 Å². The van der Waals surface area contributed by atoms with E-state index in [0.717, 1.165) is 0 Å². The summed E-state index contributed by atoms with van der Waals surface area (Å²) in [6.07, 6.45) is 0. The van der Waals surface area contributed by atoms with E-state index < -0.39 is 22.6 Å². The van der Waals surface area contributed by atoms with Crippen molar-refractivity contribution in [3.63, 3.8) is 0 Å². The van der Waals surface area contributed by atoms with Crippen molar-refractivity contribution in [1.82, 2.24) is 20.8 Å². The topological polar surface area (TPSA) is 149 Å². The van der Waals surface area contributed by atoms with E-state index in [1.807, 2.05) is 0 Å². The van der Waals surface area contributed by atoms with Crippen LogP contribution in [0.25, 0.3) is 11.4 Å². The Morgan fingerprint density at radius 3 is 2.61 bits per heavy atom. The number of amides is 2. The molecule has 11 nitrogen and oxygen atoms in total. The number of halogens is 1. The summed E-state index contributed by atoms with van der Waals surface area (Å²) >= 11 is 0. The van der Waals surface area contributed by atoms with E-state index in [0.29, 0.717) is 11.3 Å². The molecule has 2 N–H and O–H groups in total. The third-order valence-corrected chi connectivity index (χ3v) is 3.85. The molecule has 3 rings (SSSR count). The van der Waals surface area contributed by atoms with Crippen LogP contribution < -0.4 is 15.4 Å². The molecule has 12 heteroatoms. The molecule has 1 heterocycles. The van der Waals surface area contributed by atoms with Crippen LogP contribution in [0.3, 0.4) is 0 Å². The number of non-ortho nitro benzene ring substituents is 1. The van der Waals surface area contributed by atoms with Crippen LogP contribution in [0.4, 0.5) is 10.1 Å². The molecular weight excluding hydrogens is 413 g/mol. The van der Waals surface area contributed by atoms with Crippen LogP contribution in [0, 0.1) is 15.9 Å². The van der Waals surface area contributed by atoms with E-state index in [2.05, 4.69) is 20.8 Å². The predicted molar refractivity (Wildman–Crippen MR) is 104 cm³/mol. The number of benzene rings is 2. The molecule has 0 radical (unpaired) electrons. The lowest BCUT2D eigenvalue weighted by Gasteiger charge is -2.07. The smallest absolute Gasteiger partial charge is 0.316 e. The first-order valence-electron chi connectivity index (χ1n) is 8.94. The molecule has 2 aromatic carbocycles. The summed E-state index contributed by atoms with van der Waals surface area (Å²) in [6, 6.07) is 10.8. The van der Waals surface area contributed by atoms with E-state index in [9.17, 15) is 24.1 Å². The van der Waals surface area contributed by atoms with Gasteiger partial charge in [-0.25, -0.2) is 4.39 Å². The minimum absolute atomic E-state index is 0.0279. The van der Waals surface area contributed by atoms with E-state index in [1.54, 1.807) is 6.07 Å². The standard InChI is InChI=1S/C19H16FN5O6/c20-13-4-6-15(7-5-13)30-11-16(26)21-8-9-22-18(27)19-23-17(24-31-19)12-2-1-3-14(10-12)25(28)29/h1-7,10H,8-9,11H2,(H,21,26)(H,22,27). The van der Waals surface area contributed by atoms with Crippen LogP contribution in [0.15, 0.2) is 53.1 Å². The lowest BCUT2D eigenvalue weighted by Crippen LogP contribution is -2.36. The maximum absolute atomic E-state index is 12.8. The summed E-state index contributed by atoms with van der Waals surface area (Å²) in [5.41, 5.74) is 0.179. The molecule has 160 valence electrons. The zero-order valence-corrected chi connectivity index (χ0v) is 15.9. The molecule has 0 aliphatic heterocycles. The lowest BCUT2D eigenvalue weighted by molar-refractivity contribution is -0.384. The summed E-state index contributed by atoms with van der Waals surface area (Å²) < 4.78 is 22.9. The minimum Gasteiger partial charge on any atom is -0.484 e. The minimum atomic E-state index is -0.666. The quantitative estimate of drug-likeness (QED) is 0.297. The molecule has 3 aromatic rings. The highest BCUT2D eigenvalue weighted by Crippen LogP contribution is 2.21. The van der Waals surface area contributed by atoms with Gasteiger partial charge in [-0.05, 0) is 24.3 Å². The van der Waals surface area contributed by atoms with Gasteiger partial charge in [0.15, 0.2) is 6.61 Å². The fourth-order valence-electron chi connectivity index (χ4n) is 2.38. The molecule has 0 saturated carbocycles. The molecule has 0 spiro atoms. The molecule has 0 bridgehead atoms. The number of nitrogens with zero attached hydrogens (tertiary/aromatic N) is 3. The third kappa shape index (κ3) is 6.06. The molecule has 0 unspecified atom stereocenters. The normalized spacial score (nSPS) is 10.4. The van der Waals surface area contributed by atoms with Gasteiger partial charge in [0.1, 0.15) is 11.6 Å². The van der Waals surface area contributed by atoms with Gasteiger partial charge < -0.3 is 19.9 Å². The molecule has 2 amide bonds. The Bertz CT molecular complexity index is 1090. The maximum atomic E-state index is 12.8. The largest absolute Gasteiger partial charge is 0.484 e. The molecule has 1 aromatic heterocycles. The molecular formula is C19H16FN5O6. The maximum Gasteiger partial charge on any atom is 0.316 e. The number of ether oxygens (including phenoxy) is 1. The van der Waals surface area contributed by atoms with Crippen LogP contribution >= 0.6 is 0 Å². The molecule has 0 aliphatic carbocycles. The Morgan fingerprint density at radius 1 is 1.13 bits per heavy atom. The highest BCUT2D eigenvalue weighted by Gasteiger charge is 2.17. The number of nitrogens with one attached hydrogen (secondary N) is 2. The highest BCUT2D eigenvalue weighted by molar-refractivity contribution is 5.90. The summed E-state index contributed by atoms with van der Waals surface area (Å²) in [6.45, 7) is -0.0747. The number of nitro groups is 1. The van der Waals surface area contributed by atoms with Crippen LogP contribution in [0.5, 0.6) is 5.75 Å². The third-order valence-electron chi connectivity index (χ3n) is 3.85. The average Bonchev–Trinajstić information content (AvgIpc) is 3.27. The number of carbonyl (C=O) groups excluding carboxylic acids is 2. The van der Waals surface area contributed by atoms with Gasteiger partial charge in [-0.3, -0.25) is 19.7 Å². The summed E-state index contributed by atoms with van der Waals surface area (Å²) in [5.74, 6) is -1.45. The predicted octanol–water partition coefficient (Wildman–Crippen LogP) is 1.71. The van der Waals surface area contributed by atoms with E-state index in [1.165, 1.54) is 42.5 Å². The van der Waals surface area contributed by atoms with Crippen LogP contribution in [0.1, 0.15) is 10.7 Å². The zero-order chi connectivity index (χ0) is 22.2. The fraction of sp³-hybridized carbons (Fsp3) is 0.158. The van der Waals surface area contributed by atoms with Gasteiger partial charge in [-0.1, -0.05) is 17.3 Å². The van der Waals surface area contributed by atoms with Crippen LogP contribution in [-0.2, 0) is 4.79 Å². The Labute approximate surface area is 174 Å². The molecule has 0 saturated heterocycles. The molecule has 0 fully saturated rings. The van der Waals surface area contributed by atoms with Gasteiger partial charge in [0, 0.05) is 30.8 Å². The van der Waals surface area contributed by atoms with Crippen molar-refractivity contribution in [3.8, 4) is 17.1 Å². The monoisotopic (exact) mass is 429 g/mol. The van der Waals surface area contributed by atoms with Crippen molar-refractivity contribution >= 4 is 17.5 Å². The molecule has 0 aliphatic rings. The average molecular weight is 429 g/mol. The Balaban J connectivity index is 1.42. The fourth-order valence-corrected chi connectivity index (χ4v) is 2.38. The summed E-state index contributed by atoms with van der Waals surface area (Å²) in [4.78, 5) is 38.0. The Hall–Kier alpha value is -4.35. The molecule has 31 heavy (non-hydrogen) atoms. The van der Waals surface area contributed by atoms with Crippen molar-refractivity contribution in [3.05, 3.63) is 70.4 Å². The second kappa shape index (κ2) is 9.91. The van der Waals surface area contributed by atoms with E-state index in [4.69, 9.17) is 9.26 Å². The second-order valence-corrected chi connectivity index (χ2v) is 6.08. The molecule has 0 atom stereocenters. The zero-order valence-electron chi connectivity index (χ0n) is 15.9. The number of carbonyl (C=O) groups is 2. The van der Waals surface area contributed by atoms with Crippen LogP contribution in [-0.4, -0.2) is 46.6 Å². The van der Waals surface area contributed by atoms with Gasteiger partial charge in [0.2, 0.25) is 5.82 Å². The van der Waals surface area contributed by atoms with E-state index in [-0.39, 0.29) is 37.1 Å². The van der Waals surface area contributed by atoms with Gasteiger partial charge in [0.25, 0.3) is 11.6 Å². The first-order valence-corrected chi connectivity index (χ1v) is 8.94. The van der Waals surface area contributed by atoms with Gasteiger partial charge in [-0.15, -0.1) is 0 Å². The SMILES string of the molecule is O=C(COc1ccc(F)cc1)NCCNC(=O)c1nc(-c2cccc([N+](=O)[O-])c2)no1. The first-order chi connectivity index (χ1) is 14.9. The lowest BCUT2D eigenvalue weighted by atomic mass is 10.2. The van der Waals surface area contributed by atoms with Gasteiger partial charge in [0.05, 0.1) is 4.92 Å². The van der Waals surface area contributed by atoms with Crippen molar-refractivity contribution in [2.45, 2.75) is 0 Å². The van der Waals surface area contributed by atoms with E-state index >= 15 is 0 Å². The van der Waals surface area contributed by atoms with Crippen molar-refractivity contribution in [2.24, 2.45) is 0 Å². The highest BCUT2D eigenvalue weighted by atomic mass is 19.1. The van der Waals surface area contributed by atoms with Crippen molar-refractivity contribution in [1.29, 1.82) is 0 Å². The number of rotatable bonds is 9.